The molecule has 0 aliphatic heterocycles. The van der Waals surface area contributed by atoms with Gasteiger partial charge < -0.3 is 20.2 Å². The van der Waals surface area contributed by atoms with E-state index in [1.54, 1.807) is 24.5 Å². The van der Waals surface area contributed by atoms with Gasteiger partial charge in [0.05, 0.1) is 35.3 Å². The molecule has 0 radical (unpaired) electrons. The first-order valence-corrected chi connectivity index (χ1v) is 16.4. The Bertz CT molecular complexity index is 1100. The summed E-state index contributed by atoms with van der Waals surface area (Å²) in [6, 6.07) is 8.90. The fourth-order valence-electron chi connectivity index (χ4n) is 5.86. The topological polar surface area (TPSA) is 103 Å². The first-order valence-electron chi connectivity index (χ1n) is 15.4. The zero-order valence-corrected chi connectivity index (χ0v) is 26.8. The minimum atomic E-state index is -0.681. The van der Waals surface area contributed by atoms with Gasteiger partial charge in [-0.3, -0.25) is 14.4 Å². The van der Waals surface area contributed by atoms with E-state index >= 15 is 0 Å². The highest BCUT2D eigenvalue weighted by Crippen LogP contribution is 2.29. The molecule has 0 saturated heterocycles. The predicted octanol–water partition coefficient (Wildman–Crippen LogP) is 5.23. The summed E-state index contributed by atoms with van der Waals surface area (Å²) in [5, 5.41) is 16.3. The molecule has 9 heteroatoms. The van der Waals surface area contributed by atoms with E-state index in [-0.39, 0.29) is 42.8 Å². The average Bonchev–Trinajstić information content (AvgIpc) is 3.48. The van der Waals surface area contributed by atoms with Crippen LogP contribution in [-0.2, 0) is 20.8 Å². The lowest BCUT2D eigenvalue weighted by Crippen LogP contribution is -2.49. The number of aliphatic hydroxyl groups is 1. The van der Waals surface area contributed by atoms with E-state index in [1.165, 1.54) is 35.5 Å². The molecule has 232 valence electrons. The SMILES string of the molecule is CC(C)C[C@H](O)[C@H](CC1CCCCC1)NC(=O)[C@@H](CC(=O)N(CC(=O)N(C)C)[C@@H](C)c1ccccc1)Cc1cscn1. The second kappa shape index (κ2) is 16.8. The number of likely N-dealkylation sites (N-methyl/N-ethyl adjacent to an activating group) is 1. The lowest BCUT2D eigenvalue weighted by molar-refractivity contribution is -0.143. The van der Waals surface area contributed by atoms with Gasteiger partial charge in [-0.05, 0) is 37.2 Å². The fraction of sp³-hybridized carbons (Fsp3) is 0.636. The summed E-state index contributed by atoms with van der Waals surface area (Å²) < 4.78 is 0. The number of thiazole rings is 1. The van der Waals surface area contributed by atoms with Crippen LogP contribution in [0.25, 0.3) is 0 Å². The van der Waals surface area contributed by atoms with Crippen molar-refractivity contribution in [2.24, 2.45) is 17.8 Å². The van der Waals surface area contributed by atoms with Gasteiger partial charge in [-0.2, -0.15) is 0 Å². The third kappa shape index (κ3) is 10.5. The van der Waals surface area contributed by atoms with Gasteiger partial charge in [0, 0.05) is 32.3 Å². The molecule has 1 aliphatic carbocycles. The molecule has 1 fully saturated rings. The van der Waals surface area contributed by atoms with Crippen LogP contribution < -0.4 is 5.32 Å². The number of nitrogens with zero attached hydrogens (tertiary/aromatic N) is 3. The van der Waals surface area contributed by atoms with E-state index in [0.717, 1.165) is 30.5 Å². The third-order valence-corrected chi connectivity index (χ3v) is 9.06. The highest BCUT2D eigenvalue weighted by atomic mass is 32.1. The molecule has 1 aromatic carbocycles. The van der Waals surface area contributed by atoms with Crippen LogP contribution in [0.5, 0.6) is 0 Å². The minimum absolute atomic E-state index is 0.0579. The molecule has 3 amide bonds. The summed E-state index contributed by atoms with van der Waals surface area (Å²) in [6.07, 6.45) is 6.80. The monoisotopic (exact) mass is 598 g/mol. The molecular weight excluding hydrogens is 548 g/mol. The van der Waals surface area contributed by atoms with Crippen molar-refractivity contribution in [2.45, 2.75) is 96.7 Å². The maximum Gasteiger partial charge on any atom is 0.241 e. The number of carbonyl (C=O) groups is 3. The van der Waals surface area contributed by atoms with Crippen molar-refractivity contribution in [3.63, 3.8) is 0 Å². The number of carbonyl (C=O) groups excluding carboxylic acids is 3. The second-order valence-corrected chi connectivity index (χ2v) is 13.3. The van der Waals surface area contributed by atoms with Crippen molar-refractivity contribution in [3.05, 3.63) is 52.5 Å². The summed E-state index contributed by atoms with van der Waals surface area (Å²) in [6.45, 7) is 5.98. The smallest absolute Gasteiger partial charge is 0.241 e. The normalized spacial score (nSPS) is 16.8. The molecule has 3 rings (SSSR count). The quantitative estimate of drug-likeness (QED) is 0.292. The molecule has 1 saturated carbocycles. The third-order valence-electron chi connectivity index (χ3n) is 8.42. The minimum Gasteiger partial charge on any atom is -0.391 e. The van der Waals surface area contributed by atoms with Gasteiger partial charge in [-0.15, -0.1) is 11.3 Å². The number of amides is 3. The highest BCUT2D eigenvalue weighted by molar-refractivity contribution is 7.07. The van der Waals surface area contributed by atoms with Gasteiger partial charge in [-0.25, -0.2) is 4.98 Å². The summed E-state index contributed by atoms with van der Waals surface area (Å²) in [5.41, 5.74) is 3.40. The van der Waals surface area contributed by atoms with Crippen LogP contribution in [0, 0.1) is 17.8 Å². The predicted molar refractivity (Wildman–Crippen MR) is 168 cm³/mol. The molecule has 0 unspecified atom stereocenters. The summed E-state index contributed by atoms with van der Waals surface area (Å²) in [7, 11) is 3.34. The number of aromatic nitrogens is 1. The molecule has 1 aromatic heterocycles. The zero-order valence-electron chi connectivity index (χ0n) is 26.0. The van der Waals surface area contributed by atoms with Gasteiger partial charge in [0.1, 0.15) is 6.54 Å². The maximum atomic E-state index is 13.9. The van der Waals surface area contributed by atoms with Crippen LogP contribution in [0.15, 0.2) is 41.2 Å². The van der Waals surface area contributed by atoms with E-state index in [9.17, 15) is 19.5 Å². The van der Waals surface area contributed by atoms with Gasteiger partial charge >= 0.3 is 0 Å². The van der Waals surface area contributed by atoms with E-state index < -0.39 is 12.0 Å². The first kappa shape index (κ1) is 33.7. The number of benzene rings is 1. The van der Waals surface area contributed by atoms with Gasteiger partial charge in [0.25, 0.3) is 0 Å². The Balaban J connectivity index is 1.84. The van der Waals surface area contributed by atoms with Gasteiger partial charge in [0.2, 0.25) is 17.7 Å². The lowest BCUT2D eigenvalue weighted by Gasteiger charge is -2.33. The van der Waals surface area contributed by atoms with Crippen LogP contribution in [0.1, 0.15) is 89.4 Å². The van der Waals surface area contributed by atoms with Crippen molar-refractivity contribution in [1.82, 2.24) is 20.1 Å². The summed E-state index contributed by atoms with van der Waals surface area (Å²) in [4.78, 5) is 48.1. The van der Waals surface area contributed by atoms with E-state index in [2.05, 4.69) is 24.1 Å². The molecule has 2 N–H and O–H groups in total. The van der Waals surface area contributed by atoms with Crippen molar-refractivity contribution >= 4 is 29.1 Å². The number of nitrogens with one attached hydrogen (secondary N) is 1. The van der Waals surface area contributed by atoms with Crippen molar-refractivity contribution in [1.29, 1.82) is 0 Å². The Morgan fingerprint density at radius 3 is 2.33 bits per heavy atom. The van der Waals surface area contributed by atoms with Gasteiger partial charge in [0.15, 0.2) is 0 Å². The molecule has 8 nitrogen and oxygen atoms in total. The molecule has 0 spiro atoms. The van der Waals surface area contributed by atoms with E-state index in [0.29, 0.717) is 24.7 Å². The summed E-state index contributed by atoms with van der Waals surface area (Å²) >= 11 is 1.45. The lowest BCUT2D eigenvalue weighted by atomic mass is 9.82. The maximum absolute atomic E-state index is 13.9. The van der Waals surface area contributed by atoms with Crippen LogP contribution >= 0.6 is 11.3 Å². The molecule has 2 aromatic rings. The van der Waals surface area contributed by atoms with Crippen LogP contribution in [-0.4, -0.2) is 70.4 Å². The largest absolute Gasteiger partial charge is 0.391 e. The van der Waals surface area contributed by atoms with Crippen LogP contribution in [0.4, 0.5) is 0 Å². The molecule has 0 bridgehead atoms. The molecule has 4 atom stereocenters. The van der Waals surface area contributed by atoms with Crippen molar-refractivity contribution < 1.29 is 19.5 Å². The standard InChI is InChI=1S/C33H50N4O4S/c1-23(2)16-30(38)29(17-25-12-8-6-9-13-25)35-33(41)27(18-28-21-42-22-34-28)19-31(39)37(20-32(40)36(4)5)24(3)26-14-10-7-11-15-26/h7,10-11,14-15,21-25,27,29-30,38H,6,8-9,12-13,16-20H2,1-5H3,(H,35,41)/t24-,27+,29-,30-/m0/s1. The van der Waals surface area contributed by atoms with Gasteiger partial charge in [-0.1, -0.05) is 76.3 Å². The molecule has 1 aliphatic rings. The second-order valence-electron chi connectivity index (χ2n) is 12.5. The average molecular weight is 599 g/mol. The van der Waals surface area contributed by atoms with Crippen LogP contribution in [0.2, 0.25) is 0 Å². The summed E-state index contributed by atoms with van der Waals surface area (Å²) in [5.74, 6) is -0.602. The Kier molecular flexibility index (Phi) is 13.4. The Labute approximate surface area is 255 Å². The Morgan fingerprint density at radius 1 is 1.05 bits per heavy atom. The number of hydrogen-bond acceptors (Lipinski definition) is 6. The van der Waals surface area contributed by atoms with Crippen molar-refractivity contribution in [2.75, 3.05) is 20.6 Å². The van der Waals surface area contributed by atoms with E-state index in [1.807, 2.05) is 42.6 Å². The molecule has 42 heavy (non-hydrogen) atoms. The molecule has 1 heterocycles. The number of hydrogen-bond donors (Lipinski definition) is 2. The first-order chi connectivity index (χ1) is 20.0. The number of aliphatic hydroxyl groups excluding tert-OH is 1. The fourth-order valence-corrected chi connectivity index (χ4v) is 6.43. The van der Waals surface area contributed by atoms with E-state index in [4.69, 9.17) is 0 Å². The Morgan fingerprint density at radius 2 is 1.74 bits per heavy atom. The number of rotatable bonds is 15. The van der Waals surface area contributed by atoms with Crippen molar-refractivity contribution in [3.8, 4) is 0 Å². The highest BCUT2D eigenvalue weighted by Gasteiger charge is 2.33. The molecular formula is C33H50N4O4S. The Hall–Kier alpha value is -2.78. The zero-order chi connectivity index (χ0) is 30.6. The van der Waals surface area contributed by atoms with Crippen LogP contribution in [0.3, 0.4) is 0 Å².